The lowest BCUT2D eigenvalue weighted by Gasteiger charge is -2.27. The van der Waals surface area contributed by atoms with Crippen LogP contribution in [0.3, 0.4) is 0 Å². The van der Waals surface area contributed by atoms with E-state index < -0.39 is 11.9 Å². The van der Waals surface area contributed by atoms with Crippen LogP contribution in [0.1, 0.15) is 57.1 Å². The van der Waals surface area contributed by atoms with Gasteiger partial charge in [-0.2, -0.15) is 5.10 Å². The first kappa shape index (κ1) is 23.8. The van der Waals surface area contributed by atoms with E-state index in [9.17, 15) is 14.7 Å². The molecule has 184 valence electrons. The molecule has 3 N–H and O–H groups in total. The molecule has 2 aliphatic carbocycles. The van der Waals surface area contributed by atoms with Gasteiger partial charge in [-0.3, -0.25) is 9.48 Å². The number of carboxylic acid groups (broad SMARTS) is 1. The van der Waals surface area contributed by atoms with Gasteiger partial charge in [-0.05, 0) is 38.5 Å². The van der Waals surface area contributed by atoms with Gasteiger partial charge in [-0.1, -0.05) is 12.8 Å². The molecule has 11 nitrogen and oxygen atoms in total. The number of hydrogen-bond donors (Lipinski definition) is 2. The number of carbonyl (C=O) groups excluding carboxylic acids is 1. The highest BCUT2D eigenvalue weighted by molar-refractivity contribution is 5.70. The van der Waals surface area contributed by atoms with Crippen molar-refractivity contribution in [3.63, 3.8) is 0 Å². The molecular formula is C23H32N6O5. The molecule has 0 spiro atoms. The summed E-state index contributed by atoms with van der Waals surface area (Å²) in [6.07, 6.45) is 9.43. The number of carbonyl (C=O) groups is 2. The molecule has 0 aliphatic heterocycles. The monoisotopic (exact) mass is 472 g/mol. The second-order valence-electron chi connectivity index (χ2n) is 9.12. The second kappa shape index (κ2) is 10.3. The Morgan fingerprint density at radius 2 is 1.97 bits per heavy atom. The van der Waals surface area contributed by atoms with Crippen molar-refractivity contribution < 1.29 is 24.2 Å². The minimum absolute atomic E-state index is 0.0419. The van der Waals surface area contributed by atoms with Crippen molar-refractivity contribution in [1.29, 1.82) is 0 Å². The Bertz CT molecular complexity index is 1030. The third-order valence-corrected chi connectivity index (χ3v) is 6.85. The molecule has 2 saturated carbocycles. The zero-order valence-corrected chi connectivity index (χ0v) is 19.6. The maximum atomic E-state index is 12.5. The van der Waals surface area contributed by atoms with Crippen LogP contribution < -0.4 is 10.5 Å². The van der Waals surface area contributed by atoms with Crippen molar-refractivity contribution in [3.05, 3.63) is 18.1 Å². The smallest absolute Gasteiger partial charge is 0.410 e. The van der Waals surface area contributed by atoms with Crippen LogP contribution in [0, 0.1) is 5.92 Å². The molecular weight excluding hydrogens is 440 g/mol. The van der Waals surface area contributed by atoms with E-state index in [0.717, 1.165) is 38.5 Å². The lowest BCUT2D eigenvalue weighted by atomic mass is 9.87. The van der Waals surface area contributed by atoms with Gasteiger partial charge < -0.3 is 25.2 Å². The van der Waals surface area contributed by atoms with Crippen molar-refractivity contribution in [2.75, 3.05) is 12.8 Å². The molecule has 2 aromatic rings. The molecule has 2 aromatic heterocycles. The number of aromatic nitrogens is 4. The van der Waals surface area contributed by atoms with Gasteiger partial charge >= 0.3 is 12.1 Å². The highest BCUT2D eigenvalue weighted by atomic mass is 16.6. The van der Waals surface area contributed by atoms with Crippen molar-refractivity contribution >= 4 is 17.9 Å². The number of nitrogens with two attached hydrogens (primary N) is 1. The zero-order valence-electron chi connectivity index (χ0n) is 19.6. The van der Waals surface area contributed by atoms with Gasteiger partial charge in [-0.25, -0.2) is 14.8 Å². The van der Waals surface area contributed by atoms with Gasteiger partial charge in [-0.15, -0.1) is 0 Å². The topological polar surface area (TPSA) is 146 Å². The number of aliphatic carboxylic acids is 1. The molecule has 34 heavy (non-hydrogen) atoms. The van der Waals surface area contributed by atoms with E-state index in [1.165, 1.54) is 6.20 Å². The van der Waals surface area contributed by atoms with Crippen molar-refractivity contribution in [2.24, 2.45) is 13.0 Å². The first-order chi connectivity index (χ1) is 16.3. The Morgan fingerprint density at radius 3 is 2.68 bits per heavy atom. The van der Waals surface area contributed by atoms with Crippen LogP contribution in [0.4, 0.5) is 10.6 Å². The summed E-state index contributed by atoms with van der Waals surface area (Å²) in [7, 11) is 3.54. The summed E-state index contributed by atoms with van der Waals surface area (Å²) in [5, 5.41) is 13.6. The molecule has 2 atom stereocenters. The van der Waals surface area contributed by atoms with Gasteiger partial charge in [0.05, 0.1) is 29.7 Å². The van der Waals surface area contributed by atoms with Crippen molar-refractivity contribution in [2.45, 2.75) is 70.1 Å². The first-order valence-electron chi connectivity index (χ1n) is 11.8. The van der Waals surface area contributed by atoms with Crippen LogP contribution in [-0.2, 0) is 23.2 Å². The van der Waals surface area contributed by atoms with Crippen molar-refractivity contribution in [3.8, 4) is 17.1 Å². The van der Waals surface area contributed by atoms with Crippen molar-refractivity contribution in [1.82, 2.24) is 24.6 Å². The molecule has 0 saturated heterocycles. The van der Waals surface area contributed by atoms with Crippen LogP contribution in [0.2, 0.25) is 0 Å². The van der Waals surface area contributed by atoms with Crippen LogP contribution in [0.5, 0.6) is 5.88 Å². The predicted octanol–water partition coefficient (Wildman–Crippen LogP) is 2.99. The number of nitrogens with zero attached hydrogens (tertiary/aromatic N) is 5. The SMILES string of the molecule is CN(C(=O)OCc1c(-c2cnc(O[C@H]3CCC[C@H](C(=O)O)C3)c(N)n2)cnn1C)C1CCCC1. The summed E-state index contributed by atoms with van der Waals surface area (Å²) in [6.45, 7) is 0.0419. The average Bonchev–Trinajstić information content (AvgIpc) is 3.48. The quantitative estimate of drug-likeness (QED) is 0.621. The minimum Gasteiger partial charge on any atom is -0.481 e. The molecule has 0 bridgehead atoms. The third-order valence-electron chi connectivity index (χ3n) is 6.85. The van der Waals surface area contributed by atoms with E-state index in [1.54, 1.807) is 29.9 Å². The number of hydrogen-bond acceptors (Lipinski definition) is 8. The lowest BCUT2D eigenvalue weighted by molar-refractivity contribution is -0.143. The maximum absolute atomic E-state index is 12.5. The molecule has 0 radical (unpaired) electrons. The zero-order chi connectivity index (χ0) is 24.2. The van der Waals surface area contributed by atoms with Gasteiger partial charge in [0.25, 0.3) is 5.88 Å². The summed E-state index contributed by atoms with van der Waals surface area (Å²) in [6, 6.07) is 0.228. The Labute approximate surface area is 198 Å². The summed E-state index contributed by atoms with van der Waals surface area (Å²) in [4.78, 5) is 34.3. The van der Waals surface area contributed by atoms with Gasteiger partial charge in [0.15, 0.2) is 5.82 Å². The number of ether oxygens (including phenoxy) is 2. The lowest BCUT2D eigenvalue weighted by Crippen LogP contribution is -2.35. The van der Waals surface area contributed by atoms with Gasteiger partial charge in [0.2, 0.25) is 0 Å². The average molecular weight is 473 g/mol. The fourth-order valence-electron chi connectivity index (χ4n) is 4.77. The highest BCUT2D eigenvalue weighted by Gasteiger charge is 2.29. The van der Waals surface area contributed by atoms with Crippen LogP contribution in [0.25, 0.3) is 11.3 Å². The number of carboxylic acids is 1. The fourth-order valence-corrected chi connectivity index (χ4v) is 4.77. The third kappa shape index (κ3) is 5.23. The van der Waals surface area contributed by atoms with E-state index in [4.69, 9.17) is 15.2 Å². The molecule has 2 aliphatic rings. The predicted molar refractivity (Wildman–Crippen MR) is 123 cm³/mol. The second-order valence-corrected chi connectivity index (χ2v) is 9.12. The number of amides is 1. The van der Waals surface area contributed by atoms with E-state index in [0.29, 0.717) is 29.8 Å². The number of anilines is 1. The van der Waals surface area contributed by atoms with E-state index in [1.807, 2.05) is 0 Å². The van der Waals surface area contributed by atoms with Crippen LogP contribution >= 0.6 is 0 Å². The van der Waals surface area contributed by atoms with E-state index >= 15 is 0 Å². The largest absolute Gasteiger partial charge is 0.481 e. The first-order valence-corrected chi connectivity index (χ1v) is 11.8. The maximum Gasteiger partial charge on any atom is 0.410 e. The minimum atomic E-state index is -0.804. The van der Waals surface area contributed by atoms with Crippen LogP contribution in [0.15, 0.2) is 12.4 Å². The summed E-state index contributed by atoms with van der Waals surface area (Å²) < 4.78 is 13.1. The number of rotatable bonds is 7. The fraction of sp³-hybridized carbons (Fsp3) is 0.609. The molecule has 11 heteroatoms. The highest BCUT2D eigenvalue weighted by Crippen LogP contribution is 2.31. The molecule has 0 aromatic carbocycles. The molecule has 0 unspecified atom stereocenters. The molecule has 2 fully saturated rings. The number of aryl methyl sites for hydroxylation is 1. The summed E-state index contributed by atoms with van der Waals surface area (Å²) in [5.41, 5.74) is 7.94. The van der Waals surface area contributed by atoms with Crippen LogP contribution in [-0.4, -0.2) is 61.0 Å². The molecule has 2 heterocycles. The Morgan fingerprint density at radius 1 is 1.21 bits per heavy atom. The Balaban J connectivity index is 1.43. The standard InChI is InChI=1S/C23H32N6O5/c1-28(15-7-3-4-8-15)23(32)33-13-19-17(11-26-29(19)2)18-12-25-21(20(24)27-18)34-16-9-5-6-14(10-16)22(30)31/h11-12,14-16H,3-10,13H2,1-2H3,(H2,24,27)(H,30,31)/t14-,16-/m0/s1. The molecule has 4 rings (SSSR count). The Hall–Kier alpha value is -3.37. The van der Waals surface area contributed by atoms with E-state index in [-0.39, 0.29) is 36.5 Å². The molecule has 1 amide bonds. The van der Waals surface area contributed by atoms with Gasteiger partial charge in [0.1, 0.15) is 12.7 Å². The summed E-state index contributed by atoms with van der Waals surface area (Å²) in [5.74, 6) is -0.917. The van der Waals surface area contributed by atoms with Gasteiger partial charge in [0, 0.05) is 25.7 Å². The summed E-state index contributed by atoms with van der Waals surface area (Å²) >= 11 is 0. The number of nitrogen functional groups attached to an aromatic ring is 1. The van der Waals surface area contributed by atoms with E-state index in [2.05, 4.69) is 15.1 Å². The Kier molecular flexibility index (Phi) is 7.18. The normalized spacial score (nSPS) is 20.8.